The minimum absolute atomic E-state index is 0.314. The highest BCUT2D eigenvalue weighted by molar-refractivity contribution is 5.43. The maximum absolute atomic E-state index is 10.1. The van der Waals surface area contributed by atoms with Crippen LogP contribution in [0.1, 0.15) is 36.8 Å². The molecule has 0 saturated heterocycles. The van der Waals surface area contributed by atoms with E-state index in [4.69, 9.17) is 9.47 Å². The van der Waals surface area contributed by atoms with Crippen LogP contribution in [0.25, 0.3) is 0 Å². The number of rotatable bonds is 11. The van der Waals surface area contributed by atoms with Crippen LogP contribution in [-0.2, 0) is 11.8 Å². The molecule has 1 unspecified atom stereocenters. The number of methoxy groups -OCH3 is 2. The standard InChI is InChI=1S/C25H32N2O2/c1-27(17-14-20-10-13-23(28-2)24(18-20)29-3)16-7-15-25(19-26,22-11-12-22)21-8-5-4-6-9-21/h4-6,8-10,13,18,22H,7,11-12,14-17H2,1-3H3. The molecule has 0 heterocycles. The van der Waals surface area contributed by atoms with E-state index in [0.29, 0.717) is 5.92 Å². The quantitative estimate of drug-likeness (QED) is 0.549. The molecule has 1 fully saturated rings. The average Bonchev–Trinajstić information content (AvgIpc) is 3.61. The van der Waals surface area contributed by atoms with Crippen molar-refractivity contribution in [3.63, 3.8) is 0 Å². The highest BCUT2D eigenvalue weighted by Crippen LogP contribution is 2.49. The number of nitrogens with zero attached hydrogens (tertiary/aromatic N) is 2. The first-order chi connectivity index (χ1) is 14.1. The van der Waals surface area contributed by atoms with Crippen molar-refractivity contribution < 1.29 is 9.47 Å². The van der Waals surface area contributed by atoms with Crippen molar-refractivity contribution in [3.8, 4) is 17.6 Å². The van der Waals surface area contributed by atoms with Gasteiger partial charge in [0, 0.05) is 6.54 Å². The molecule has 1 saturated carbocycles. The summed E-state index contributed by atoms with van der Waals surface area (Å²) in [6, 6.07) is 19.2. The van der Waals surface area contributed by atoms with Gasteiger partial charge in [-0.2, -0.15) is 5.26 Å². The van der Waals surface area contributed by atoms with E-state index >= 15 is 0 Å². The van der Waals surface area contributed by atoms with Crippen molar-refractivity contribution in [3.05, 3.63) is 59.7 Å². The maximum Gasteiger partial charge on any atom is 0.160 e. The third-order valence-electron chi connectivity index (χ3n) is 6.10. The Kier molecular flexibility index (Phi) is 7.17. The van der Waals surface area contributed by atoms with Gasteiger partial charge in [-0.15, -0.1) is 0 Å². The summed E-state index contributed by atoms with van der Waals surface area (Å²) in [4.78, 5) is 2.36. The van der Waals surface area contributed by atoms with Crippen LogP contribution in [-0.4, -0.2) is 39.3 Å². The lowest BCUT2D eigenvalue weighted by Gasteiger charge is -2.28. The molecule has 4 heteroatoms. The summed E-state index contributed by atoms with van der Waals surface area (Å²) in [5.74, 6) is 2.06. The molecule has 0 radical (unpaired) electrons. The van der Waals surface area contributed by atoms with Crippen LogP contribution in [0.15, 0.2) is 48.5 Å². The number of hydrogen-bond donors (Lipinski definition) is 0. The highest BCUT2D eigenvalue weighted by atomic mass is 16.5. The second-order valence-electron chi connectivity index (χ2n) is 8.07. The van der Waals surface area contributed by atoms with Crippen LogP contribution >= 0.6 is 0 Å². The smallest absolute Gasteiger partial charge is 0.160 e. The molecule has 0 aromatic heterocycles. The molecule has 0 N–H and O–H groups in total. The molecule has 1 aliphatic rings. The summed E-state index contributed by atoms with van der Waals surface area (Å²) in [5.41, 5.74) is 2.12. The Morgan fingerprint density at radius 1 is 1.03 bits per heavy atom. The van der Waals surface area contributed by atoms with Gasteiger partial charge >= 0.3 is 0 Å². The Bertz CT molecular complexity index is 826. The van der Waals surface area contributed by atoms with Crippen LogP contribution in [0, 0.1) is 17.2 Å². The number of benzene rings is 2. The third-order valence-corrected chi connectivity index (χ3v) is 6.10. The van der Waals surface area contributed by atoms with Crippen LogP contribution in [0.4, 0.5) is 0 Å². The van der Waals surface area contributed by atoms with E-state index in [0.717, 1.165) is 43.9 Å². The fourth-order valence-corrected chi connectivity index (χ4v) is 4.20. The van der Waals surface area contributed by atoms with Gasteiger partial charge in [0.05, 0.1) is 25.7 Å². The third kappa shape index (κ3) is 5.10. The number of ether oxygens (including phenoxy) is 2. The zero-order valence-corrected chi connectivity index (χ0v) is 17.9. The Morgan fingerprint density at radius 2 is 1.76 bits per heavy atom. The van der Waals surface area contributed by atoms with Crippen molar-refractivity contribution in [2.24, 2.45) is 5.92 Å². The van der Waals surface area contributed by atoms with E-state index in [9.17, 15) is 5.26 Å². The molecule has 2 aromatic rings. The predicted molar refractivity (Wildman–Crippen MR) is 116 cm³/mol. The van der Waals surface area contributed by atoms with E-state index < -0.39 is 0 Å². The molecular weight excluding hydrogens is 360 g/mol. The van der Waals surface area contributed by atoms with Crippen LogP contribution in [0.2, 0.25) is 0 Å². The fraction of sp³-hybridized carbons (Fsp3) is 0.480. The molecule has 0 bridgehead atoms. The van der Waals surface area contributed by atoms with Crippen molar-refractivity contribution in [1.82, 2.24) is 4.90 Å². The molecule has 0 aliphatic heterocycles. The van der Waals surface area contributed by atoms with Gasteiger partial charge in [0.2, 0.25) is 0 Å². The van der Waals surface area contributed by atoms with Crippen molar-refractivity contribution in [1.29, 1.82) is 5.26 Å². The molecule has 3 rings (SSSR count). The SMILES string of the molecule is COc1ccc(CCN(C)CCCC(C#N)(c2ccccc2)C2CC2)cc1OC. The van der Waals surface area contributed by atoms with E-state index in [1.807, 2.05) is 12.1 Å². The molecule has 4 nitrogen and oxygen atoms in total. The number of nitriles is 1. The average molecular weight is 393 g/mol. The second kappa shape index (κ2) is 9.80. The van der Waals surface area contributed by atoms with Crippen LogP contribution in [0.5, 0.6) is 11.5 Å². The van der Waals surface area contributed by atoms with Gasteiger partial charge in [0.25, 0.3) is 0 Å². The zero-order valence-electron chi connectivity index (χ0n) is 17.9. The maximum atomic E-state index is 10.1. The van der Waals surface area contributed by atoms with Crippen molar-refractivity contribution in [2.75, 3.05) is 34.4 Å². The molecule has 154 valence electrons. The van der Waals surface area contributed by atoms with Gasteiger partial charge < -0.3 is 14.4 Å². The summed E-state index contributed by atoms with van der Waals surface area (Å²) in [6.45, 7) is 1.97. The lowest BCUT2D eigenvalue weighted by molar-refractivity contribution is 0.308. The Balaban J connectivity index is 1.53. The normalized spacial score (nSPS) is 15.6. The number of hydrogen-bond acceptors (Lipinski definition) is 4. The molecular formula is C25H32N2O2. The first-order valence-corrected chi connectivity index (χ1v) is 10.5. The minimum Gasteiger partial charge on any atom is -0.493 e. The second-order valence-corrected chi connectivity index (χ2v) is 8.07. The molecule has 0 spiro atoms. The first kappa shape index (κ1) is 21.2. The zero-order chi connectivity index (χ0) is 20.7. The van der Waals surface area contributed by atoms with Gasteiger partial charge in [-0.25, -0.2) is 0 Å². The molecule has 0 amide bonds. The summed E-state index contributed by atoms with van der Waals surface area (Å²) >= 11 is 0. The van der Waals surface area contributed by atoms with Gasteiger partial charge in [0.15, 0.2) is 11.5 Å². The van der Waals surface area contributed by atoms with Crippen LogP contribution in [0.3, 0.4) is 0 Å². The monoisotopic (exact) mass is 392 g/mol. The Labute approximate surface area is 175 Å². The molecule has 2 aromatic carbocycles. The largest absolute Gasteiger partial charge is 0.493 e. The molecule has 1 aliphatic carbocycles. The molecule has 29 heavy (non-hydrogen) atoms. The minimum atomic E-state index is -0.314. The van der Waals surface area contributed by atoms with E-state index in [-0.39, 0.29) is 5.41 Å². The van der Waals surface area contributed by atoms with E-state index in [1.165, 1.54) is 24.0 Å². The summed E-state index contributed by atoms with van der Waals surface area (Å²) < 4.78 is 10.7. The lowest BCUT2D eigenvalue weighted by atomic mass is 9.74. The summed E-state index contributed by atoms with van der Waals surface area (Å²) in [5, 5.41) is 10.1. The van der Waals surface area contributed by atoms with Gasteiger partial charge in [-0.05, 0) is 74.9 Å². The van der Waals surface area contributed by atoms with Crippen LogP contribution < -0.4 is 9.47 Å². The fourth-order valence-electron chi connectivity index (χ4n) is 4.20. The van der Waals surface area contributed by atoms with E-state index in [2.05, 4.69) is 54.4 Å². The highest BCUT2D eigenvalue weighted by Gasteiger charge is 2.46. The topological polar surface area (TPSA) is 45.5 Å². The van der Waals surface area contributed by atoms with Gasteiger partial charge in [-0.3, -0.25) is 0 Å². The molecule has 1 atom stereocenters. The van der Waals surface area contributed by atoms with E-state index in [1.54, 1.807) is 14.2 Å². The van der Waals surface area contributed by atoms with Crippen molar-refractivity contribution >= 4 is 0 Å². The summed E-state index contributed by atoms with van der Waals surface area (Å²) in [6.07, 6.45) is 5.27. The Hall–Kier alpha value is -2.51. The predicted octanol–water partition coefficient (Wildman–Crippen LogP) is 4.83. The number of likely N-dealkylation sites (N-methyl/N-ethyl adjacent to an activating group) is 1. The Morgan fingerprint density at radius 3 is 2.38 bits per heavy atom. The van der Waals surface area contributed by atoms with Crippen molar-refractivity contribution in [2.45, 2.75) is 37.5 Å². The van der Waals surface area contributed by atoms with Gasteiger partial charge in [-0.1, -0.05) is 36.4 Å². The summed E-state index contributed by atoms with van der Waals surface area (Å²) in [7, 11) is 5.49. The first-order valence-electron chi connectivity index (χ1n) is 10.5. The van der Waals surface area contributed by atoms with Gasteiger partial charge in [0.1, 0.15) is 0 Å². The lowest BCUT2D eigenvalue weighted by Crippen LogP contribution is -2.29.